The van der Waals surface area contributed by atoms with Crippen LogP contribution in [-0.2, 0) is 27.2 Å². The maximum absolute atomic E-state index is 12.5. The predicted octanol–water partition coefficient (Wildman–Crippen LogP) is 8.41. The van der Waals surface area contributed by atoms with Crippen LogP contribution in [0.4, 0.5) is 13.2 Å². The highest BCUT2D eigenvalue weighted by molar-refractivity contribution is 5.82. The molecule has 9 nitrogen and oxygen atoms in total. The van der Waals surface area contributed by atoms with Crippen LogP contribution in [-0.4, -0.2) is 30.1 Å². The Morgan fingerprint density at radius 2 is 1.72 bits per heavy atom. The molecule has 2 aromatic carbocycles. The van der Waals surface area contributed by atoms with E-state index in [9.17, 15) is 32.9 Å². The molecule has 0 unspecified atom stereocenters. The molecule has 0 heterocycles. The minimum absolute atomic E-state index is 0.176. The molecule has 0 spiro atoms. The van der Waals surface area contributed by atoms with E-state index >= 15 is 0 Å². The average molecular weight is 651 g/mol. The SMILES string of the molecule is C/C=C\CCCC(=O)NCC(=O)Oc1ccc(CO[N+](=O)[O-])cc1.CC.FC(F)(F)c1cccc(OCC/C=C/C2CCCC2)c1. The second-order valence-electron chi connectivity index (χ2n) is 9.99. The largest absolute Gasteiger partial charge is 0.493 e. The lowest BCUT2D eigenvalue weighted by atomic mass is 10.1. The van der Waals surface area contributed by atoms with Gasteiger partial charge in [-0.3, -0.25) is 4.79 Å². The number of hydrogen-bond acceptors (Lipinski definition) is 7. The molecule has 0 aromatic heterocycles. The number of unbranched alkanes of at least 4 members (excludes halogenated alkanes) is 1. The maximum Gasteiger partial charge on any atom is 0.416 e. The lowest BCUT2D eigenvalue weighted by Gasteiger charge is -2.09. The minimum Gasteiger partial charge on any atom is -0.493 e. The van der Waals surface area contributed by atoms with Gasteiger partial charge in [-0.25, -0.2) is 4.79 Å². The van der Waals surface area contributed by atoms with Crippen LogP contribution in [0.15, 0.2) is 72.8 Å². The highest BCUT2D eigenvalue weighted by Gasteiger charge is 2.30. The zero-order chi connectivity index (χ0) is 34.2. The summed E-state index contributed by atoms with van der Waals surface area (Å²) in [6.45, 7) is 5.93. The molecule has 0 radical (unpaired) electrons. The molecular weight excluding hydrogens is 605 g/mol. The van der Waals surface area contributed by atoms with E-state index in [1.54, 1.807) is 18.2 Å². The van der Waals surface area contributed by atoms with Crippen LogP contribution in [0.5, 0.6) is 11.5 Å². The van der Waals surface area contributed by atoms with Crippen molar-refractivity contribution in [1.82, 2.24) is 5.32 Å². The smallest absolute Gasteiger partial charge is 0.416 e. The van der Waals surface area contributed by atoms with E-state index in [2.05, 4.69) is 22.3 Å². The van der Waals surface area contributed by atoms with Gasteiger partial charge in [0.05, 0.1) is 12.2 Å². The molecule has 1 fully saturated rings. The van der Waals surface area contributed by atoms with Gasteiger partial charge in [0.1, 0.15) is 24.7 Å². The summed E-state index contributed by atoms with van der Waals surface area (Å²) in [7, 11) is 0. The van der Waals surface area contributed by atoms with Crippen LogP contribution < -0.4 is 14.8 Å². The van der Waals surface area contributed by atoms with Gasteiger partial charge in [-0.1, -0.05) is 69.2 Å². The van der Waals surface area contributed by atoms with E-state index in [0.717, 1.165) is 31.4 Å². The van der Waals surface area contributed by atoms with Crippen molar-refractivity contribution in [2.45, 2.75) is 84.9 Å². The highest BCUT2D eigenvalue weighted by atomic mass is 19.4. The van der Waals surface area contributed by atoms with E-state index < -0.39 is 22.8 Å². The first-order chi connectivity index (χ1) is 22.1. The number of halogens is 3. The summed E-state index contributed by atoms with van der Waals surface area (Å²) in [5.41, 5.74) is -0.0996. The molecule has 0 atom stereocenters. The van der Waals surface area contributed by atoms with Gasteiger partial charge in [0.2, 0.25) is 5.91 Å². The first kappa shape index (κ1) is 39.7. The summed E-state index contributed by atoms with van der Waals surface area (Å²) in [4.78, 5) is 37.5. The van der Waals surface area contributed by atoms with Crippen molar-refractivity contribution in [3.8, 4) is 11.5 Å². The Kier molecular flexibility index (Phi) is 19.9. The Balaban J connectivity index is 0.000000442. The molecule has 1 N–H and O–H groups in total. The van der Waals surface area contributed by atoms with Crippen molar-refractivity contribution >= 4 is 11.9 Å². The fourth-order valence-electron chi connectivity index (χ4n) is 4.20. The standard InChI is InChI=1S/C16H19F3O.C16H20N2O6.C2H6/c17-16(18,19)14-9-5-10-15(12-14)20-11-4-3-8-13-6-1-2-7-13;1-2-3-4-5-6-15(19)17-11-16(20)24-14-9-7-13(8-10-14)12-23-18(21)22;1-2/h3,5,8-10,12-13H,1-2,4,6-7,11H2;2-3,7-10H,4-6,11-12H2,1H3,(H,17,19);1-2H3/b8-3+;3-2-;. The maximum atomic E-state index is 12.5. The van der Waals surface area contributed by atoms with Crippen molar-refractivity contribution in [3.63, 3.8) is 0 Å². The Bertz CT molecular complexity index is 1230. The number of nitrogens with zero attached hydrogens (tertiary/aromatic N) is 1. The Labute approximate surface area is 268 Å². The third-order valence-corrected chi connectivity index (χ3v) is 6.45. The van der Waals surface area contributed by atoms with E-state index in [-0.39, 0.29) is 30.6 Å². The van der Waals surface area contributed by atoms with Crippen LogP contribution in [0.3, 0.4) is 0 Å². The zero-order valence-electron chi connectivity index (χ0n) is 26.7. The predicted molar refractivity (Wildman–Crippen MR) is 170 cm³/mol. The number of amides is 1. The molecule has 1 aliphatic rings. The normalized spacial score (nSPS) is 12.9. The number of alkyl halides is 3. The second-order valence-corrected chi connectivity index (χ2v) is 9.99. The molecule has 254 valence electrons. The molecule has 3 rings (SSSR count). The molecule has 0 bridgehead atoms. The Morgan fingerprint density at radius 3 is 2.35 bits per heavy atom. The second kappa shape index (κ2) is 23.1. The minimum atomic E-state index is -4.32. The van der Waals surface area contributed by atoms with Crippen LogP contribution >= 0.6 is 0 Å². The molecule has 1 amide bonds. The number of rotatable bonds is 15. The third-order valence-electron chi connectivity index (χ3n) is 6.45. The van der Waals surface area contributed by atoms with Gasteiger partial charge in [0, 0.05) is 6.42 Å². The number of ether oxygens (including phenoxy) is 2. The quantitative estimate of drug-likeness (QED) is 0.0514. The van der Waals surface area contributed by atoms with E-state index in [0.29, 0.717) is 24.5 Å². The number of nitrogens with one attached hydrogen (secondary N) is 1. The van der Waals surface area contributed by atoms with Gasteiger partial charge in [-0.2, -0.15) is 13.2 Å². The summed E-state index contributed by atoms with van der Waals surface area (Å²) in [6, 6.07) is 11.1. The van der Waals surface area contributed by atoms with Crippen LogP contribution in [0, 0.1) is 16.0 Å². The summed E-state index contributed by atoms with van der Waals surface area (Å²) < 4.78 is 48.0. The molecule has 46 heavy (non-hydrogen) atoms. The summed E-state index contributed by atoms with van der Waals surface area (Å²) >= 11 is 0. The first-order valence-corrected chi connectivity index (χ1v) is 15.5. The van der Waals surface area contributed by atoms with Gasteiger partial charge in [0.15, 0.2) is 0 Å². The van der Waals surface area contributed by atoms with E-state index in [1.807, 2.05) is 32.9 Å². The van der Waals surface area contributed by atoms with Gasteiger partial charge < -0.3 is 19.6 Å². The molecule has 12 heteroatoms. The number of benzene rings is 2. The van der Waals surface area contributed by atoms with Crippen LogP contribution in [0.2, 0.25) is 0 Å². The molecule has 0 aliphatic heterocycles. The van der Waals surface area contributed by atoms with Gasteiger partial charge in [-0.15, -0.1) is 10.1 Å². The Morgan fingerprint density at radius 1 is 1.02 bits per heavy atom. The fraction of sp³-hybridized carbons (Fsp3) is 0.471. The topological polar surface area (TPSA) is 117 Å². The van der Waals surface area contributed by atoms with Crippen LogP contribution in [0.1, 0.15) is 83.3 Å². The third kappa shape index (κ3) is 18.5. The van der Waals surface area contributed by atoms with Gasteiger partial charge in [0.25, 0.3) is 5.09 Å². The van der Waals surface area contributed by atoms with Crippen molar-refractivity contribution in [2.75, 3.05) is 13.2 Å². The summed E-state index contributed by atoms with van der Waals surface area (Å²) in [5, 5.41) is 11.7. The van der Waals surface area contributed by atoms with E-state index in [1.165, 1.54) is 43.9 Å². The lowest BCUT2D eigenvalue weighted by molar-refractivity contribution is -0.763. The van der Waals surface area contributed by atoms with Gasteiger partial charge >= 0.3 is 12.1 Å². The van der Waals surface area contributed by atoms with Crippen molar-refractivity contribution in [2.24, 2.45) is 5.92 Å². The first-order valence-electron chi connectivity index (χ1n) is 15.5. The molecule has 0 saturated heterocycles. The number of allylic oxidation sites excluding steroid dienone is 3. The number of carbonyl (C=O) groups is 2. The summed E-state index contributed by atoms with van der Waals surface area (Å²) in [6.07, 6.45) is 11.6. The van der Waals surface area contributed by atoms with Crippen molar-refractivity contribution < 1.29 is 42.2 Å². The fourth-order valence-corrected chi connectivity index (χ4v) is 4.20. The average Bonchev–Trinajstić information content (AvgIpc) is 3.56. The van der Waals surface area contributed by atoms with Crippen molar-refractivity contribution in [3.05, 3.63) is 94.1 Å². The van der Waals surface area contributed by atoms with Crippen molar-refractivity contribution in [1.29, 1.82) is 0 Å². The van der Waals surface area contributed by atoms with Crippen LogP contribution in [0.25, 0.3) is 0 Å². The lowest BCUT2D eigenvalue weighted by Crippen LogP contribution is -2.31. The number of carbonyl (C=O) groups excluding carboxylic acids is 2. The highest BCUT2D eigenvalue weighted by Crippen LogP contribution is 2.31. The molecular formula is C34H45F3N2O7. The van der Waals surface area contributed by atoms with E-state index in [4.69, 9.17) is 9.47 Å². The number of hydrogen-bond donors (Lipinski definition) is 1. The molecule has 1 aliphatic carbocycles. The zero-order valence-corrected chi connectivity index (χ0v) is 26.7. The summed E-state index contributed by atoms with van der Waals surface area (Å²) in [5.74, 6) is 0.444. The molecule has 2 aromatic rings. The Hall–Kier alpha value is -4.35. The molecule has 1 saturated carbocycles. The van der Waals surface area contributed by atoms with Gasteiger partial charge in [-0.05, 0) is 80.8 Å². The monoisotopic (exact) mass is 650 g/mol. The number of esters is 1.